The van der Waals surface area contributed by atoms with Crippen molar-refractivity contribution in [2.45, 2.75) is 18.7 Å². The van der Waals surface area contributed by atoms with Crippen molar-refractivity contribution < 1.29 is 13.2 Å². The maximum atomic E-state index is 13.4. The van der Waals surface area contributed by atoms with E-state index in [4.69, 9.17) is 34.8 Å². The lowest BCUT2D eigenvalue weighted by atomic mass is 10.2. The first-order valence-corrected chi connectivity index (χ1v) is 12.3. The lowest BCUT2D eigenvalue weighted by Crippen LogP contribution is -2.40. The average Bonchev–Trinajstić information content (AvgIpc) is 2.75. The first kappa shape index (κ1) is 25.1. The van der Waals surface area contributed by atoms with Gasteiger partial charge in [0.05, 0.1) is 26.8 Å². The van der Waals surface area contributed by atoms with Gasteiger partial charge in [0.2, 0.25) is 0 Å². The molecular weight excluding hydrogens is 505 g/mol. The molecule has 3 aromatic rings. The Morgan fingerprint density at radius 2 is 1.64 bits per heavy atom. The largest absolute Gasteiger partial charge is 0.271 e. The van der Waals surface area contributed by atoms with Crippen molar-refractivity contribution in [3.05, 3.63) is 92.4 Å². The minimum Gasteiger partial charge on any atom is -0.271 e. The van der Waals surface area contributed by atoms with Crippen LogP contribution in [0.25, 0.3) is 0 Å². The molecule has 0 aliphatic heterocycles. The molecule has 0 spiro atoms. The molecule has 1 N–H and O–H groups in total. The van der Waals surface area contributed by atoms with Crippen LogP contribution in [-0.4, -0.2) is 27.1 Å². The first-order valence-electron chi connectivity index (χ1n) is 9.71. The van der Waals surface area contributed by atoms with Gasteiger partial charge in [-0.05, 0) is 61.9 Å². The van der Waals surface area contributed by atoms with E-state index in [9.17, 15) is 13.2 Å². The van der Waals surface area contributed by atoms with Crippen LogP contribution in [0.2, 0.25) is 15.1 Å². The molecule has 0 aliphatic carbocycles. The molecule has 0 aliphatic rings. The number of anilines is 1. The molecule has 10 heteroatoms. The maximum Gasteiger partial charge on any atom is 0.264 e. The van der Waals surface area contributed by atoms with Gasteiger partial charge < -0.3 is 0 Å². The summed E-state index contributed by atoms with van der Waals surface area (Å²) in [5.74, 6) is -0.653. The zero-order valence-corrected chi connectivity index (χ0v) is 20.8. The summed E-state index contributed by atoms with van der Waals surface area (Å²) in [5, 5.41) is 5.05. The summed E-state index contributed by atoms with van der Waals surface area (Å²) in [5.41, 5.74) is 4.59. The van der Waals surface area contributed by atoms with E-state index in [1.807, 2.05) is 6.92 Å². The standard InChI is InChI=1S/C23H20Cl3N3O3S/c1-15-6-9-18(10-7-15)33(31,32)29(22-11-8-17(24)12-16(22)2)14-23(30)28-27-13-19-20(25)4-3-5-21(19)26/h3-13H,14H2,1-2H3,(H,28,30)/b27-13-. The Morgan fingerprint density at radius 1 is 1.00 bits per heavy atom. The summed E-state index contributed by atoms with van der Waals surface area (Å²) in [6, 6.07) is 16.1. The topological polar surface area (TPSA) is 78.8 Å². The molecule has 33 heavy (non-hydrogen) atoms. The highest BCUT2D eigenvalue weighted by atomic mass is 35.5. The lowest BCUT2D eigenvalue weighted by molar-refractivity contribution is -0.119. The van der Waals surface area contributed by atoms with Gasteiger partial charge >= 0.3 is 0 Å². The van der Waals surface area contributed by atoms with Crippen LogP contribution in [0, 0.1) is 13.8 Å². The van der Waals surface area contributed by atoms with Crippen LogP contribution < -0.4 is 9.73 Å². The summed E-state index contributed by atoms with van der Waals surface area (Å²) in [7, 11) is -4.06. The Labute approximate surface area is 207 Å². The molecule has 0 saturated carbocycles. The van der Waals surface area contributed by atoms with E-state index in [2.05, 4.69) is 10.5 Å². The third-order valence-corrected chi connectivity index (χ3v) is 7.37. The van der Waals surface area contributed by atoms with Crippen molar-refractivity contribution >= 4 is 62.6 Å². The fourth-order valence-electron chi connectivity index (χ4n) is 3.00. The number of benzene rings is 3. The minimum absolute atomic E-state index is 0.0570. The fraction of sp³-hybridized carbons (Fsp3) is 0.130. The monoisotopic (exact) mass is 523 g/mol. The third-order valence-electron chi connectivity index (χ3n) is 4.71. The molecule has 0 radical (unpaired) electrons. The molecule has 0 heterocycles. The second kappa shape index (κ2) is 10.6. The molecule has 3 rings (SSSR count). The summed E-state index contributed by atoms with van der Waals surface area (Å²) in [4.78, 5) is 12.7. The van der Waals surface area contributed by atoms with E-state index in [1.54, 1.807) is 55.5 Å². The van der Waals surface area contributed by atoms with Crippen molar-refractivity contribution in [1.29, 1.82) is 0 Å². The highest BCUT2D eigenvalue weighted by Crippen LogP contribution is 2.29. The number of nitrogens with zero attached hydrogens (tertiary/aromatic N) is 2. The van der Waals surface area contributed by atoms with Crippen LogP contribution in [0.15, 0.2) is 70.7 Å². The molecule has 0 saturated heterocycles. The highest BCUT2D eigenvalue weighted by molar-refractivity contribution is 7.92. The molecule has 0 atom stereocenters. The Balaban J connectivity index is 1.90. The zero-order chi connectivity index (χ0) is 24.2. The average molecular weight is 525 g/mol. The molecule has 172 valence electrons. The third kappa shape index (κ3) is 6.06. The van der Waals surface area contributed by atoms with Crippen LogP contribution in [0.4, 0.5) is 5.69 Å². The fourth-order valence-corrected chi connectivity index (χ4v) is 5.21. The first-order chi connectivity index (χ1) is 15.6. The number of hydrogen-bond acceptors (Lipinski definition) is 4. The quantitative estimate of drug-likeness (QED) is 0.322. The van der Waals surface area contributed by atoms with Crippen molar-refractivity contribution in [3.8, 4) is 0 Å². The number of hydrazone groups is 1. The van der Waals surface area contributed by atoms with Crippen LogP contribution in [0.3, 0.4) is 0 Å². The summed E-state index contributed by atoms with van der Waals surface area (Å²) in [6.45, 7) is 3.06. The predicted molar refractivity (Wildman–Crippen MR) is 134 cm³/mol. The van der Waals surface area contributed by atoms with E-state index in [0.29, 0.717) is 31.9 Å². The molecule has 0 fully saturated rings. The number of carbonyl (C=O) groups is 1. The van der Waals surface area contributed by atoms with Crippen LogP contribution >= 0.6 is 34.8 Å². The number of carbonyl (C=O) groups excluding carboxylic acids is 1. The van der Waals surface area contributed by atoms with Gasteiger partial charge in [-0.3, -0.25) is 9.10 Å². The predicted octanol–water partition coefficient (Wildman–Crippen LogP) is 5.61. The van der Waals surface area contributed by atoms with Gasteiger partial charge in [-0.25, -0.2) is 13.8 Å². The second-order valence-corrected chi connectivity index (χ2v) is 10.3. The van der Waals surface area contributed by atoms with Gasteiger partial charge in [-0.2, -0.15) is 5.10 Å². The smallest absolute Gasteiger partial charge is 0.264 e. The van der Waals surface area contributed by atoms with Crippen molar-refractivity contribution in [1.82, 2.24) is 5.43 Å². The lowest BCUT2D eigenvalue weighted by Gasteiger charge is -2.25. The van der Waals surface area contributed by atoms with Gasteiger partial charge in [0.1, 0.15) is 6.54 Å². The number of halogens is 3. The van der Waals surface area contributed by atoms with Gasteiger partial charge in [0.15, 0.2) is 0 Å². The van der Waals surface area contributed by atoms with E-state index in [1.165, 1.54) is 18.3 Å². The molecule has 6 nitrogen and oxygen atoms in total. The molecular formula is C23H20Cl3N3O3S. The van der Waals surface area contributed by atoms with E-state index in [-0.39, 0.29) is 4.90 Å². The number of amides is 1. The molecule has 1 amide bonds. The number of hydrogen-bond donors (Lipinski definition) is 1. The Kier molecular flexibility index (Phi) is 8.02. The second-order valence-electron chi connectivity index (χ2n) is 7.18. The van der Waals surface area contributed by atoms with Gasteiger partial charge in [0, 0.05) is 10.6 Å². The SMILES string of the molecule is Cc1ccc(S(=O)(=O)N(CC(=O)N/N=C\c2c(Cl)cccc2Cl)c2ccc(Cl)cc2C)cc1. The van der Waals surface area contributed by atoms with Gasteiger partial charge in [-0.1, -0.05) is 58.6 Å². The summed E-state index contributed by atoms with van der Waals surface area (Å²) < 4.78 is 27.9. The van der Waals surface area contributed by atoms with E-state index in [0.717, 1.165) is 9.87 Å². The summed E-state index contributed by atoms with van der Waals surface area (Å²) >= 11 is 18.2. The Hall–Kier alpha value is -2.58. The number of sulfonamides is 1. The molecule has 3 aromatic carbocycles. The van der Waals surface area contributed by atoms with Crippen molar-refractivity contribution in [2.75, 3.05) is 10.8 Å². The Morgan fingerprint density at radius 3 is 2.24 bits per heavy atom. The molecule has 0 bridgehead atoms. The van der Waals surface area contributed by atoms with Crippen LogP contribution in [0.5, 0.6) is 0 Å². The maximum absolute atomic E-state index is 13.4. The molecule has 0 unspecified atom stereocenters. The van der Waals surface area contributed by atoms with Crippen LogP contribution in [0.1, 0.15) is 16.7 Å². The summed E-state index contributed by atoms with van der Waals surface area (Å²) in [6.07, 6.45) is 1.30. The number of aryl methyl sites for hydroxylation is 2. The minimum atomic E-state index is -4.06. The number of nitrogens with one attached hydrogen (secondary N) is 1. The van der Waals surface area contributed by atoms with Gasteiger partial charge in [0.25, 0.3) is 15.9 Å². The highest BCUT2D eigenvalue weighted by Gasteiger charge is 2.28. The van der Waals surface area contributed by atoms with Crippen LogP contribution in [-0.2, 0) is 14.8 Å². The normalized spacial score (nSPS) is 11.5. The molecule has 0 aromatic heterocycles. The van der Waals surface area contributed by atoms with Crippen molar-refractivity contribution in [2.24, 2.45) is 5.10 Å². The van der Waals surface area contributed by atoms with E-state index < -0.39 is 22.5 Å². The zero-order valence-electron chi connectivity index (χ0n) is 17.7. The number of rotatable bonds is 7. The van der Waals surface area contributed by atoms with E-state index >= 15 is 0 Å². The van der Waals surface area contributed by atoms with Crippen molar-refractivity contribution in [3.63, 3.8) is 0 Å². The Bertz CT molecular complexity index is 1290. The van der Waals surface area contributed by atoms with Gasteiger partial charge in [-0.15, -0.1) is 0 Å².